The number of fused-ring (bicyclic) bond motifs is 1. The van der Waals surface area contributed by atoms with Crippen molar-refractivity contribution in [1.29, 1.82) is 0 Å². The average Bonchev–Trinajstić information content (AvgIpc) is 3.01. The number of carbonyl (C=O) groups excluding carboxylic acids is 3. The van der Waals surface area contributed by atoms with Gasteiger partial charge in [0.15, 0.2) is 16.7 Å². The van der Waals surface area contributed by atoms with E-state index in [1.807, 2.05) is 24.3 Å². The maximum Gasteiger partial charge on any atom is 0.259 e. The Hall–Kier alpha value is -3.19. The number of hydrogen-bond donors (Lipinski definition) is 1. The molecule has 1 N–H and O–H groups in total. The lowest BCUT2D eigenvalue weighted by Crippen LogP contribution is -2.12. The zero-order valence-corrected chi connectivity index (χ0v) is 15.0. The molecule has 0 aliphatic rings. The lowest BCUT2D eigenvalue weighted by Gasteiger charge is -2.02. The van der Waals surface area contributed by atoms with E-state index in [2.05, 4.69) is 15.3 Å². The lowest BCUT2D eigenvalue weighted by molar-refractivity contribution is -0.119. The van der Waals surface area contributed by atoms with Crippen molar-refractivity contribution in [3.63, 3.8) is 0 Å². The van der Waals surface area contributed by atoms with Crippen LogP contribution in [0.15, 0.2) is 48.2 Å². The third-order valence-corrected chi connectivity index (χ3v) is 4.57. The molecule has 0 spiro atoms. The Balaban J connectivity index is 1.77. The number of nitrogens with one attached hydrogen (secondary N) is 1. The summed E-state index contributed by atoms with van der Waals surface area (Å²) >= 11 is 1.39. The summed E-state index contributed by atoms with van der Waals surface area (Å²) in [5.41, 5.74) is 1.69. The van der Waals surface area contributed by atoms with Crippen LogP contribution in [0.2, 0.25) is 0 Å². The molecule has 2 heterocycles. The summed E-state index contributed by atoms with van der Waals surface area (Å²) < 4.78 is 0.988. The summed E-state index contributed by atoms with van der Waals surface area (Å²) in [6, 6.07) is 10.8. The minimum atomic E-state index is -0.328. The molecular weight excluding hydrogens is 350 g/mol. The molecule has 0 fully saturated rings. The first kappa shape index (κ1) is 17.6. The minimum Gasteiger partial charge on any atom is -0.298 e. The van der Waals surface area contributed by atoms with Crippen molar-refractivity contribution in [2.24, 2.45) is 0 Å². The van der Waals surface area contributed by atoms with Crippen LogP contribution in [0.5, 0.6) is 0 Å². The Morgan fingerprint density at radius 2 is 1.77 bits per heavy atom. The molecule has 6 nitrogen and oxygen atoms in total. The molecule has 1 aromatic carbocycles. The minimum absolute atomic E-state index is 0.0733. The first-order valence-corrected chi connectivity index (χ1v) is 8.62. The van der Waals surface area contributed by atoms with Crippen molar-refractivity contribution in [3.8, 4) is 0 Å². The molecule has 0 saturated heterocycles. The molecule has 2 aromatic heterocycles. The van der Waals surface area contributed by atoms with E-state index >= 15 is 0 Å². The van der Waals surface area contributed by atoms with E-state index in [4.69, 9.17) is 0 Å². The topological polar surface area (TPSA) is 89.0 Å². The monoisotopic (exact) mass is 365 g/mol. The van der Waals surface area contributed by atoms with Gasteiger partial charge in [0.25, 0.3) is 5.91 Å². The molecule has 3 aromatic rings. The Labute approximate surface area is 153 Å². The number of aromatic nitrogens is 2. The highest BCUT2D eigenvalue weighted by Crippen LogP contribution is 2.25. The molecule has 0 aliphatic heterocycles. The van der Waals surface area contributed by atoms with Crippen LogP contribution in [-0.2, 0) is 9.59 Å². The Bertz CT molecular complexity index is 987. The summed E-state index contributed by atoms with van der Waals surface area (Å²) in [6.07, 6.45) is 2.81. The first-order chi connectivity index (χ1) is 12.4. The van der Waals surface area contributed by atoms with E-state index in [9.17, 15) is 14.4 Å². The van der Waals surface area contributed by atoms with E-state index in [0.29, 0.717) is 16.4 Å². The fraction of sp³-hybridized carbons (Fsp3) is 0.105. The van der Waals surface area contributed by atoms with Crippen molar-refractivity contribution in [3.05, 3.63) is 59.4 Å². The number of anilines is 1. The molecule has 0 saturated carbocycles. The van der Waals surface area contributed by atoms with Gasteiger partial charge in [0.1, 0.15) is 0 Å². The molecule has 0 radical (unpaired) electrons. The number of allylic oxidation sites excluding steroid dienone is 1. The molecule has 0 aliphatic carbocycles. The maximum atomic E-state index is 12.3. The first-order valence-electron chi connectivity index (χ1n) is 7.80. The maximum absolute atomic E-state index is 12.3. The van der Waals surface area contributed by atoms with Crippen molar-refractivity contribution >= 4 is 50.2 Å². The van der Waals surface area contributed by atoms with Crippen molar-refractivity contribution in [1.82, 2.24) is 9.97 Å². The van der Waals surface area contributed by atoms with Crippen LogP contribution in [-0.4, -0.2) is 27.4 Å². The zero-order valence-electron chi connectivity index (χ0n) is 14.1. The Morgan fingerprint density at radius 3 is 2.38 bits per heavy atom. The van der Waals surface area contributed by atoms with Gasteiger partial charge in [-0.1, -0.05) is 23.5 Å². The highest BCUT2D eigenvalue weighted by Gasteiger charge is 2.12. The molecule has 130 valence electrons. The van der Waals surface area contributed by atoms with Crippen LogP contribution in [0.1, 0.15) is 29.9 Å². The SMILES string of the molecule is CC(=O)C(=Cc1ccc(C(=O)Nc2nc3ccccc3s2)cn1)C(C)=O. The third kappa shape index (κ3) is 3.89. The van der Waals surface area contributed by atoms with Gasteiger partial charge in [-0.3, -0.25) is 24.7 Å². The number of pyridine rings is 1. The zero-order chi connectivity index (χ0) is 18.7. The van der Waals surface area contributed by atoms with Gasteiger partial charge in [0, 0.05) is 6.20 Å². The molecule has 3 rings (SSSR count). The van der Waals surface area contributed by atoms with Crippen LogP contribution in [0.25, 0.3) is 16.3 Å². The standard InChI is InChI=1S/C19H15N3O3S/c1-11(23)15(12(2)24)9-14-8-7-13(10-20-14)18(25)22-19-21-16-5-3-4-6-17(16)26-19/h3-10H,1-2H3,(H,21,22,25). The van der Waals surface area contributed by atoms with Gasteiger partial charge in [-0.2, -0.15) is 0 Å². The van der Waals surface area contributed by atoms with Gasteiger partial charge in [-0.25, -0.2) is 4.98 Å². The molecule has 0 unspecified atom stereocenters. The number of hydrogen-bond acceptors (Lipinski definition) is 6. The van der Waals surface area contributed by atoms with Gasteiger partial charge in [0.2, 0.25) is 0 Å². The number of para-hydroxylation sites is 1. The number of Topliss-reactive ketones (excluding diaryl/α,β-unsaturated/α-hetero) is 2. The third-order valence-electron chi connectivity index (χ3n) is 3.61. The number of rotatable bonds is 5. The molecule has 1 amide bonds. The van der Waals surface area contributed by atoms with E-state index in [1.54, 1.807) is 12.1 Å². The van der Waals surface area contributed by atoms with Crippen LogP contribution in [0.4, 0.5) is 5.13 Å². The number of ketones is 2. The van der Waals surface area contributed by atoms with Gasteiger partial charge in [-0.15, -0.1) is 0 Å². The average molecular weight is 365 g/mol. The second-order valence-electron chi connectivity index (χ2n) is 5.58. The van der Waals surface area contributed by atoms with Gasteiger partial charge >= 0.3 is 0 Å². The smallest absolute Gasteiger partial charge is 0.259 e. The van der Waals surface area contributed by atoms with Gasteiger partial charge < -0.3 is 0 Å². The molecule has 7 heteroatoms. The second-order valence-corrected chi connectivity index (χ2v) is 6.61. The second kappa shape index (κ2) is 7.37. The molecule has 0 bridgehead atoms. The largest absolute Gasteiger partial charge is 0.298 e. The number of benzene rings is 1. The van der Waals surface area contributed by atoms with E-state index in [1.165, 1.54) is 37.5 Å². The quantitative estimate of drug-likeness (QED) is 0.425. The normalized spacial score (nSPS) is 10.4. The number of thiazole rings is 1. The Kier molecular flexibility index (Phi) is 4.99. The summed E-state index contributed by atoms with van der Waals surface area (Å²) in [5, 5.41) is 3.26. The van der Waals surface area contributed by atoms with E-state index in [0.717, 1.165) is 10.2 Å². The molecule has 26 heavy (non-hydrogen) atoms. The van der Waals surface area contributed by atoms with Crippen LogP contribution in [0, 0.1) is 0 Å². The number of nitrogens with zero attached hydrogens (tertiary/aromatic N) is 2. The predicted molar refractivity (Wildman–Crippen MR) is 101 cm³/mol. The highest BCUT2D eigenvalue weighted by molar-refractivity contribution is 7.22. The summed E-state index contributed by atoms with van der Waals surface area (Å²) in [6.45, 7) is 2.65. The van der Waals surface area contributed by atoms with E-state index < -0.39 is 0 Å². The lowest BCUT2D eigenvalue weighted by atomic mass is 10.1. The number of amides is 1. The summed E-state index contributed by atoms with van der Waals surface area (Å²) in [5.74, 6) is -0.973. The summed E-state index contributed by atoms with van der Waals surface area (Å²) in [4.78, 5) is 43.7. The van der Waals surface area contributed by atoms with Crippen LogP contribution in [0.3, 0.4) is 0 Å². The van der Waals surface area contributed by atoms with Gasteiger partial charge in [0.05, 0.1) is 27.0 Å². The molecule has 0 atom stereocenters. The fourth-order valence-corrected chi connectivity index (χ4v) is 3.18. The Morgan fingerprint density at radius 1 is 1.04 bits per heavy atom. The van der Waals surface area contributed by atoms with Crippen LogP contribution >= 0.6 is 11.3 Å². The van der Waals surface area contributed by atoms with Crippen molar-refractivity contribution in [2.45, 2.75) is 13.8 Å². The molecular formula is C19H15N3O3S. The van der Waals surface area contributed by atoms with E-state index in [-0.39, 0.29) is 23.0 Å². The summed E-state index contributed by atoms with van der Waals surface area (Å²) in [7, 11) is 0. The van der Waals surface area contributed by atoms with Crippen molar-refractivity contribution in [2.75, 3.05) is 5.32 Å². The van der Waals surface area contributed by atoms with Gasteiger partial charge in [-0.05, 0) is 44.2 Å². The van der Waals surface area contributed by atoms with Crippen LogP contribution < -0.4 is 5.32 Å². The highest BCUT2D eigenvalue weighted by atomic mass is 32.1. The predicted octanol–water partition coefficient (Wildman–Crippen LogP) is 3.51. The fourth-order valence-electron chi connectivity index (χ4n) is 2.32. The number of carbonyl (C=O) groups is 3. The van der Waals surface area contributed by atoms with Crippen molar-refractivity contribution < 1.29 is 14.4 Å².